The number of aromatic hydroxyl groups is 1. The molecule has 0 radical (unpaired) electrons. The summed E-state index contributed by atoms with van der Waals surface area (Å²) in [5, 5.41) is 18.4. The maximum absolute atomic E-state index is 13.1. The number of hydrogen-bond acceptors (Lipinski definition) is 3. The van der Waals surface area contributed by atoms with Crippen molar-refractivity contribution in [3.05, 3.63) is 29.1 Å². The summed E-state index contributed by atoms with van der Waals surface area (Å²) < 4.78 is 13.1. The third-order valence-electron chi connectivity index (χ3n) is 2.39. The molecule has 1 rings (SSSR count). The van der Waals surface area contributed by atoms with Crippen molar-refractivity contribution in [3.8, 4) is 11.8 Å². The average molecular weight is 259 g/mol. The number of nitrogens with zero attached hydrogens (tertiary/aromatic N) is 1. The highest BCUT2D eigenvalue weighted by molar-refractivity contribution is 5.85. The zero-order valence-electron chi connectivity index (χ0n) is 9.77. The molecule has 0 spiro atoms. The molecule has 0 unspecified atom stereocenters. The lowest BCUT2D eigenvalue weighted by Gasteiger charge is -2.16. The van der Waals surface area contributed by atoms with Crippen LogP contribution in [0.4, 0.5) is 4.39 Å². The molecular formula is C12H16ClFN2O. The molecule has 94 valence electrons. The first-order valence-corrected chi connectivity index (χ1v) is 5.14. The molecule has 5 heteroatoms. The van der Waals surface area contributed by atoms with Crippen LogP contribution in [0.25, 0.3) is 0 Å². The molecule has 0 heterocycles. The number of nitriles is 1. The van der Waals surface area contributed by atoms with Gasteiger partial charge in [-0.2, -0.15) is 5.26 Å². The second kappa shape index (κ2) is 6.43. The van der Waals surface area contributed by atoms with Gasteiger partial charge in [0.25, 0.3) is 0 Å². The quantitative estimate of drug-likeness (QED) is 0.876. The van der Waals surface area contributed by atoms with Crippen LogP contribution in [0.1, 0.15) is 37.4 Å². The van der Waals surface area contributed by atoms with Crippen molar-refractivity contribution in [2.24, 2.45) is 11.7 Å². The van der Waals surface area contributed by atoms with Crippen molar-refractivity contribution in [2.75, 3.05) is 0 Å². The van der Waals surface area contributed by atoms with Crippen molar-refractivity contribution >= 4 is 12.4 Å². The largest absolute Gasteiger partial charge is 0.506 e. The lowest BCUT2D eigenvalue weighted by atomic mass is 9.95. The lowest BCUT2D eigenvalue weighted by Crippen LogP contribution is -2.13. The van der Waals surface area contributed by atoms with Crippen LogP contribution in [0.15, 0.2) is 12.1 Å². The van der Waals surface area contributed by atoms with Gasteiger partial charge in [0.05, 0.1) is 0 Å². The Morgan fingerprint density at radius 1 is 1.47 bits per heavy atom. The smallest absolute Gasteiger partial charge is 0.144 e. The summed E-state index contributed by atoms with van der Waals surface area (Å²) in [6.07, 6.45) is 0.671. The maximum Gasteiger partial charge on any atom is 0.144 e. The van der Waals surface area contributed by atoms with Crippen molar-refractivity contribution in [1.29, 1.82) is 5.26 Å². The Bertz CT molecular complexity index is 429. The van der Waals surface area contributed by atoms with E-state index in [1.807, 2.05) is 13.8 Å². The predicted molar refractivity (Wildman–Crippen MR) is 66.4 cm³/mol. The normalized spacial score (nSPS) is 11.8. The molecule has 1 aromatic carbocycles. The van der Waals surface area contributed by atoms with Crippen LogP contribution in [0.2, 0.25) is 0 Å². The molecule has 0 aliphatic carbocycles. The zero-order valence-corrected chi connectivity index (χ0v) is 10.6. The molecule has 0 aliphatic rings. The van der Waals surface area contributed by atoms with Gasteiger partial charge in [-0.3, -0.25) is 0 Å². The second-order valence-electron chi connectivity index (χ2n) is 4.21. The zero-order chi connectivity index (χ0) is 12.3. The molecule has 0 amide bonds. The maximum atomic E-state index is 13.1. The van der Waals surface area contributed by atoms with Crippen molar-refractivity contribution in [1.82, 2.24) is 0 Å². The van der Waals surface area contributed by atoms with Crippen molar-refractivity contribution < 1.29 is 9.50 Å². The predicted octanol–water partition coefficient (Wildman–Crippen LogP) is 2.87. The van der Waals surface area contributed by atoms with Crippen LogP contribution < -0.4 is 5.73 Å². The fourth-order valence-electron chi connectivity index (χ4n) is 1.62. The van der Waals surface area contributed by atoms with Crippen LogP contribution in [-0.4, -0.2) is 5.11 Å². The molecular weight excluding hydrogens is 243 g/mol. The van der Waals surface area contributed by atoms with Gasteiger partial charge in [-0.15, -0.1) is 12.4 Å². The Morgan fingerprint density at radius 3 is 2.53 bits per heavy atom. The van der Waals surface area contributed by atoms with Crippen molar-refractivity contribution in [2.45, 2.75) is 26.3 Å². The first-order chi connectivity index (χ1) is 7.47. The van der Waals surface area contributed by atoms with E-state index in [0.29, 0.717) is 17.9 Å². The van der Waals surface area contributed by atoms with Gasteiger partial charge in [0.1, 0.15) is 23.2 Å². The first kappa shape index (κ1) is 15.7. The van der Waals surface area contributed by atoms with Crippen LogP contribution in [0.3, 0.4) is 0 Å². The van der Waals surface area contributed by atoms with Gasteiger partial charge >= 0.3 is 0 Å². The summed E-state index contributed by atoms with van der Waals surface area (Å²) in [6, 6.07) is 3.84. The number of nitrogens with two attached hydrogens (primary N) is 1. The van der Waals surface area contributed by atoms with Gasteiger partial charge in [-0.1, -0.05) is 19.9 Å². The van der Waals surface area contributed by atoms with Crippen LogP contribution in [0.5, 0.6) is 5.75 Å². The van der Waals surface area contributed by atoms with Gasteiger partial charge in [0, 0.05) is 11.6 Å². The number of phenols is 1. The molecule has 0 aromatic heterocycles. The number of halogens is 2. The van der Waals surface area contributed by atoms with Crippen molar-refractivity contribution in [3.63, 3.8) is 0 Å². The van der Waals surface area contributed by atoms with Gasteiger partial charge in [-0.25, -0.2) is 4.39 Å². The molecule has 3 N–H and O–H groups in total. The Labute approximate surface area is 106 Å². The van der Waals surface area contributed by atoms with Gasteiger partial charge in [0.15, 0.2) is 0 Å². The molecule has 0 saturated heterocycles. The highest BCUT2D eigenvalue weighted by Crippen LogP contribution is 2.31. The van der Waals surface area contributed by atoms with Gasteiger partial charge in [0.2, 0.25) is 0 Å². The number of benzene rings is 1. The standard InChI is InChI=1S/C12H15FN2O.ClH/c1-7(2)5-11(15)8-3-4-10(13)9(6-14)12(8)16;/h3-4,7,11,16H,5,15H2,1-2H3;1H/t11-;/m1./s1. The minimum atomic E-state index is -0.722. The Kier molecular flexibility index (Phi) is 5.94. The summed E-state index contributed by atoms with van der Waals surface area (Å²) in [4.78, 5) is 0. The highest BCUT2D eigenvalue weighted by atomic mass is 35.5. The summed E-state index contributed by atoms with van der Waals surface area (Å²) >= 11 is 0. The average Bonchev–Trinajstić information content (AvgIpc) is 2.17. The number of rotatable bonds is 3. The van der Waals surface area contributed by atoms with Gasteiger partial charge in [-0.05, 0) is 18.4 Å². The van der Waals surface area contributed by atoms with E-state index in [4.69, 9.17) is 11.0 Å². The van der Waals surface area contributed by atoms with E-state index in [0.717, 1.165) is 6.07 Å². The highest BCUT2D eigenvalue weighted by Gasteiger charge is 2.17. The number of phenolic OH excluding ortho intramolecular Hbond substituents is 1. The Balaban J connectivity index is 0.00000256. The van der Waals surface area contributed by atoms with E-state index in [9.17, 15) is 9.50 Å². The summed E-state index contributed by atoms with van der Waals surface area (Å²) in [6.45, 7) is 4.01. The summed E-state index contributed by atoms with van der Waals surface area (Å²) in [5.41, 5.74) is 5.97. The molecule has 1 aromatic rings. The molecule has 0 aliphatic heterocycles. The molecule has 0 saturated carbocycles. The topological polar surface area (TPSA) is 70.0 Å². The minimum Gasteiger partial charge on any atom is -0.506 e. The Hall–Kier alpha value is -1.31. The first-order valence-electron chi connectivity index (χ1n) is 5.14. The Morgan fingerprint density at radius 2 is 2.06 bits per heavy atom. The van der Waals surface area contributed by atoms with E-state index in [-0.39, 0.29) is 29.8 Å². The van der Waals surface area contributed by atoms with Crippen LogP contribution in [-0.2, 0) is 0 Å². The molecule has 0 bridgehead atoms. The monoisotopic (exact) mass is 258 g/mol. The second-order valence-corrected chi connectivity index (χ2v) is 4.21. The van der Waals surface area contributed by atoms with E-state index in [1.54, 1.807) is 6.07 Å². The van der Waals surface area contributed by atoms with E-state index in [1.165, 1.54) is 6.07 Å². The molecule has 3 nitrogen and oxygen atoms in total. The van der Waals surface area contributed by atoms with E-state index < -0.39 is 5.82 Å². The van der Waals surface area contributed by atoms with Crippen LogP contribution in [0, 0.1) is 23.1 Å². The minimum absolute atomic E-state index is 0. The fraction of sp³-hybridized carbons (Fsp3) is 0.417. The number of hydrogen-bond donors (Lipinski definition) is 2. The molecule has 0 fully saturated rings. The summed E-state index contributed by atoms with van der Waals surface area (Å²) in [5.74, 6) is -0.693. The van der Waals surface area contributed by atoms with E-state index >= 15 is 0 Å². The SMILES string of the molecule is CC(C)C[C@@H](N)c1ccc(F)c(C#N)c1O.Cl. The molecule has 1 atom stereocenters. The summed E-state index contributed by atoms with van der Waals surface area (Å²) in [7, 11) is 0. The van der Waals surface area contributed by atoms with Crippen LogP contribution >= 0.6 is 12.4 Å². The lowest BCUT2D eigenvalue weighted by molar-refractivity contribution is 0.438. The third-order valence-corrected chi connectivity index (χ3v) is 2.39. The van der Waals surface area contributed by atoms with E-state index in [2.05, 4.69) is 0 Å². The third kappa shape index (κ3) is 3.58. The fourth-order valence-corrected chi connectivity index (χ4v) is 1.62. The molecule has 17 heavy (non-hydrogen) atoms. The van der Waals surface area contributed by atoms with Gasteiger partial charge < -0.3 is 10.8 Å².